The van der Waals surface area contributed by atoms with Crippen LogP contribution in [0.5, 0.6) is 17.5 Å². The molecule has 12 rings (SSSR count). The van der Waals surface area contributed by atoms with Crippen LogP contribution in [0.3, 0.4) is 0 Å². The predicted molar refractivity (Wildman–Crippen MR) is 382 cm³/mol. The number of hydrogen-bond donors (Lipinski definition) is 2. The molecule has 0 unspecified atom stereocenters. The quantitative estimate of drug-likeness (QED) is 0.0642. The largest absolute Gasteiger partial charge is 0.497 e. The van der Waals surface area contributed by atoms with E-state index < -0.39 is 88.2 Å². The predicted octanol–water partition coefficient (Wildman–Crippen LogP) is 14.0. The molecule has 1 spiro atoms. The summed E-state index contributed by atoms with van der Waals surface area (Å²) in [7, 11) is 3.09. The second-order valence-electron chi connectivity index (χ2n) is 29.0. The number of alkyl halides is 3. The smallest absolute Gasteiger partial charge is 0.418 e. The number of pyridine rings is 1. The van der Waals surface area contributed by atoms with E-state index in [4.69, 9.17) is 45.0 Å². The molecule has 5 atom stereocenters. The van der Waals surface area contributed by atoms with Crippen molar-refractivity contribution in [3.05, 3.63) is 165 Å². The molecule has 4 saturated heterocycles. The number of nitrogens with one attached hydrogen (secondary N) is 1. The summed E-state index contributed by atoms with van der Waals surface area (Å²) in [4.78, 5) is 67.1. The Hall–Kier alpha value is -9.40. The summed E-state index contributed by atoms with van der Waals surface area (Å²) >= 11 is 7.12. The molecule has 104 heavy (non-hydrogen) atoms. The molecular weight excluding hydrogens is 1370 g/mol. The van der Waals surface area contributed by atoms with Gasteiger partial charge in [0.05, 0.1) is 53.8 Å². The highest BCUT2D eigenvalue weighted by molar-refractivity contribution is 6.34. The Morgan fingerprint density at radius 1 is 0.808 bits per heavy atom. The molecule has 0 radical (unpaired) electrons. The summed E-state index contributed by atoms with van der Waals surface area (Å²) in [5.74, 6) is -2.08. The maximum absolute atomic E-state index is 18.2. The fourth-order valence-electron chi connectivity index (χ4n) is 14.6. The van der Waals surface area contributed by atoms with Gasteiger partial charge in [0, 0.05) is 88.2 Å². The Morgan fingerprint density at radius 2 is 1.44 bits per heavy atom. The average Bonchev–Trinajstić information content (AvgIpc) is 0.910. The van der Waals surface area contributed by atoms with Crippen molar-refractivity contribution >= 4 is 57.9 Å². The minimum Gasteiger partial charge on any atom is -0.497 e. The first-order valence-corrected chi connectivity index (χ1v) is 35.3. The summed E-state index contributed by atoms with van der Waals surface area (Å²) in [6, 6.07) is 26.9. The second kappa shape index (κ2) is 30.4. The van der Waals surface area contributed by atoms with Crippen LogP contribution in [0.25, 0.3) is 33.3 Å². The van der Waals surface area contributed by atoms with Crippen molar-refractivity contribution in [3.8, 4) is 39.9 Å². The molecule has 4 fully saturated rings. The lowest BCUT2D eigenvalue weighted by atomic mass is 9.72. The summed E-state index contributed by atoms with van der Waals surface area (Å²) in [6.45, 7) is 18.2. The number of benzene rings is 5. The van der Waals surface area contributed by atoms with E-state index in [1.165, 1.54) is 42.2 Å². The highest BCUT2D eigenvalue weighted by Crippen LogP contribution is 2.47. The highest BCUT2D eigenvalue weighted by Gasteiger charge is 2.48. The average molecular weight is 1460 g/mol. The highest BCUT2D eigenvalue weighted by atomic mass is 35.5. The lowest BCUT2D eigenvalue weighted by molar-refractivity contribution is -0.141. The van der Waals surface area contributed by atoms with Crippen molar-refractivity contribution in [1.29, 1.82) is 0 Å². The van der Waals surface area contributed by atoms with Crippen LogP contribution in [0.2, 0.25) is 5.02 Å². The molecule has 2 N–H and O–H groups in total. The van der Waals surface area contributed by atoms with Gasteiger partial charge in [0.15, 0.2) is 17.4 Å². The number of piperidine rings is 1. The number of aliphatic hydroxyl groups is 1. The summed E-state index contributed by atoms with van der Waals surface area (Å²) < 4.78 is 123. The van der Waals surface area contributed by atoms with E-state index in [1.807, 2.05) is 49.9 Å². The number of anilines is 3. The monoisotopic (exact) mass is 1460 g/mol. The Bertz CT molecular complexity index is 4360. The standard InChI is InChI=1S/C77H86ClF6N11O9/c1-44(2)63(72(98)95-41-52(96)35-59(95)71(97)85-47(5)50-18-20-51(21-19-50)64-57(79)12-11-13-58(64)80)60-37-62(89-104-60)93-42-76(43-93)26-28-90(29-27-76)32-33-102-73-87-68-55(70(88-73)94-31-30-91(38-46(94)4)74(99)103-75(6,7)8)36-56(78)65(67(68)81)69-66(77(82,83)84)45(3)34-61(86-69)92(39-48-14-22-53(100-9)23-15-48)40-49-16-24-54(101-10)25-17-49/h11-25,34,36-37,44,46-47,52,59,63,96H,26-33,35,38-43H2,1-10H3,(H,85,97)/t46-,47-,52+,59-,63+/m0/s1. The Morgan fingerprint density at radius 3 is 2.03 bits per heavy atom. The Kier molecular flexibility index (Phi) is 21.7. The number of aromatic nitrogens is 4. The van der Waals surface area contributed by atoms with Gasteiger partial charge in [-0.2, -0.15) is 23.1 Å². The van der Waals surface area contributed by atoms with Crippen molar-refractivity contribution in [3.63, 3.8) is 0 Å². The van der Waals surface area contributed by atoms with Crippen LogP contribution < -0.4 is 34.2 Å². The molecule has 0 aliphatic carbocycles. The molecule has 20 nitrogen and oxygen atoms in total. The topological polar surface area (TPSA) is 205 Å². The molecule has 4 aliphatic heterocycles. The number of ether oxygens (including phenoxy) is 4. The summed E-state index contributed by atoms with van der Waals surface area (Å²) in [5, 5.41) is 18.0. The van der Waals surface area contributed by atoms with Gasteiger partial charge in [0.2, 0.25) is 11.8 Å². The van der Waals surface area contributed by atoms with Gasteiger partial charge in [-0.05, 0) is 150 Å². The van der Waals surface area contributed by atoms with Crippen molar-refractivity contribution in [2.45, 2.75) is 130 Å². The van der Waals surface area contributed by atoms with Crippen molar-refractivity contribution < 1.29 is 69.3 Å². The third-order valence-corrected chi connectivity index (χ3v) is 20.4. The van der Waals surface area contributed by atoms with Gasteiger partial charge >= 0.3 is 18.3 Å². The minimum atomic E-state index is -5.02. The van der Waals surface area contributed by atoms with Gasteiger partial charge in [0.25, 0.3) is 0 Å². The molecule has 3 amide bonds. The molecule has 5 aromatic carbocycles. The molecule has 0 saturated carbocycles. The first kappa shape index (κ1) is 74.3. The third-order valence-electron chi connectivity index (χ3n) is 20.1. The number of β-amino-alcohol motifs (C(OH)–C–C–N with tert-alkyl or cyclic N) is 1. The molecule has 7 heterocycles. The van der Waals surface area contributed by atoms with Crippen LogP contribution in [0.1, 0.15) is 113 Å². The molecule has 552 valence electrons. The number of aliphatic hydroxyl groups excluding tert-OH is 1. The number of rotatable bonds is 21. The maximum atomic E-state index is 18.2. The fourth-order valence-corrected chi connectivity index (χ4v) is 14.8. The SMILES string of the molecule is COc1ccc(CN(Cc2ccc(OC)cc2)c2cc(C)c(C(F)(F)F)c(-c3c(Cl)cc4c(N5CCN(C(=O)OC(C)(C)C)C[C@@H]5C)nc(OCCN5CCC6(CC5)CN(c5cc([C@H](C(=O)N7C[C@H](O)C[C@H]7C(=O)N[C@@H](C)c7ccc(-c8c(F)cccc8F)cc7)C(C)C)on5)C6)nc4c3F)n2)cc1. The third kappa shape index (κ3) is 16.1. The van der Waals surface area contributed by atoms with Gasteiger partial charge < -0.3 is 58.4 Å². The summed E-state index contributed by atoms with van der Waals surface area (Å²) in [6.07, 6.45) is -4.80. The van der Waals surface area contributed by atoms with Crippen LogP contribution in [0, 0.1) is 35.7 Å². The van der Waals surface area contributed by atoms with Crippen LogP contribution in [-0.4, -0.2) is 161 Å². The fraction of sp³-hybridized carbons (Fsp3) is 0.442. The Labute approximate surface area is 605 Å². The van der Waals surface area contributed by atoms with E-state index in [2.05, 4.69) is 25.3 Å². The van der Waals surface area contributed by atoms with Crippen molar-refractivity contribution in [2.24, 2.45) is 11.3 Å². The van der Waals surface area contributed by atoms with E-state index in [-0.39, 0.29) is 114 Å². The van der Waals surface area contributed by atoms with Gasteiger partial charge in [-0.25, -0.2) is 22.9 Å². The molecule has 27 heteroatoms. The van der Waals surface area contributed by atoms with Gasteiger partial charge in [0.1, 0.15) is 64.5 Å². The van der Waals surface area contributed by atoms with E-state index >= 15 is 17.6 Å². The normalized spacial score (nSPS) is 18.4. The zero-order chi connectivity index (χ0) is 74.3. The molecule has 4 aliphatic rings. The van der Waals surface area contributed by atoms with Crippen LogP contribution in [-0.2, 0) is 33.6 Å². The molecule has 3 aromatic heterocycles. The van der Waals surface area contributed by atoms with Crippen LogP contribution in [0.4, 0.5) is 48.6 Å². The zero-order valence-corrected chi connectivity index (χ0v) is 60.6. The number of aryl methyl sites for hydroxylation is 1. The van der Waals surface area contributed by atoms with Gasteiger partial charge in [-0.15, -0.1) is 0 Å². The number of methoxy groups -OCH3 is 2. The number of carbonyl (C=O) groups excluding carboxylic acids is 3. The lowest BCUT2D eigenvalue weighted by Crippen LogP contribution is -2.60. The van der Waals surface area contributed by atoms with Crippen LogP contribution in [0.15, 0.2) is 114 Å². The van der Waals surface area contributed by atoms with E-state index in [0.29, 0.717) is 66.9 Å². The number of piperazine rings is 1. The van der Waals surface area contributed by atoms with Crippen LogP contribution >= 0.6 is 11.6 Å². The van der Waals surface area contributed by atoms with Crippen molar-refractivity contribution in [1.82, 2.24) is 40.1 Å². The van der Waals surface area contributed by atoms with Gasteiger partial charge in [-0.3, -0.25) is 14.5 Å². The van der Waals surface area contributed by atoms with Gasteiger partial charge in [-0.1, -0.05) is 85.2 Å². The number of fused-ring (bicyclic) bond motifs is 1. The Balaban J connectivity index is 0.741. The zero-order valence-electron chi connectivity index (χ0n) is 59.8. The number of hydrogen-bond acceptors (Lipinski definition) is 17. The molecule has 0 bridgehead atoms. The lowest BCUT2D eigenvalue weighted by Gasteiger charge is -2.54. The van der Waals surface area contributed by atoms with E-state index in [1.54, 1.807) is 106 Å². The van der Waals surface area contributed by atoms with E-state index in [9.17, 15) is 28.3 Å². The first-order valence-electron chi connectivity index (χ1n) is 34.9. The molecule has 8 aromatic rings. The second-order valence-corrected chi connectivity index (χ2v) is 29.4. The minimum absolute atomic E-state index is 0.0235. The maximum Gasteiger partial charge on any atom is 0.418 e. The number of halogens is 7. The number of nitrogens with zero attached hydrogens (tertiary/aromatic N) is 10. The van der Waals surface area contributed by atoms with Crippen molar-refractivity contribution in [2.75, 3.05) is 94.4 Å². The first-order chi connectivity index (χ1) is 49.5. The number of likely N-dealkylation sites (tertiary alicyclic amines) is 2. The number of amides is 3. The molecular formula is C77H86ClF6N11O9. The van der Waals surface area contributed by atoms with E-state index in [0.717, 1.165) is 24.0 Å². The summed E-state index contributed by atoms with van der Waals surface area (Å²) in [5.41, 5.74) is -1.48. The number of carbonyl (C=O) groups is 3.